The molecule has 0 spiro atoms. The molecule has 50 heavy (non-hydrogen) atoms. The number of amides is 1. The molecule has 1 saturated heterocycles. The number of fused-ring (bicyclic) bond motifs is 1. The van der Waals surface area contributed by atoms with Crippen molar-refractivity contribution in [1.82, 2.24) is 19.4 Å². The highest BCUT2D eigenvalue weighted by molar-refractivity contribution is 7.95. The number of halogens is 3. The lowest BCUT2D eigenvalue weighted by atomic mass is 10.2. The first-order valence-corrected chi connectivity index (χ1v) is 17.2. The zero-order valence-corrected chi connectivity index (χ0v) is 27.8. The monoisotopic (exact) mass is 705 g/mol. The molecule has 0 saturated carbocycles. The minimum absolute atomic E-state index is 0.0877. The largest absolute Gasteiger partial charge is 0.484 e. The Bertz CT molecular complexity index is 2080. The number of pyridine rings is 1. The Hall–Kier alpha value is -5.34. The Labute approximate surface area is 287 Å². The molecule has 1 amide bonds. The van der Waals surface area contributed by atoms with Gasteiger partial charge in [-0.15, -0.1) is 0 Å². The zero-order chi connectivity index (χ0) is 35.3. The number of benzene rings is 3. The highest BCUT2D eigenvalue weighted by atomic mass is 32.2. The molecular weight excluding hydrogens is 671 g/mol. The lowest BCUT2D eigenvalue weighted by Crippen LogP contribution is -2.48. The highest BCUT2D eigenvalue weighted by Crippen LogP contribution is 2.28. The second-order valence-electron chi connectivity index (χ2n) is 11.8. The summed E-state index contributed by atoms with van der Waals surface area (Å²) in [6.45, 7) is 1.64. The molecule has 0 unspecified atom stereocenters. The molecule has 3 aromatic carbocycles. The molecule has 6 rings (SSSR count). The number of nitrogens with zero attached hydrogens (tertiary/aromatic N) is 4. The fourth-order valence-electron chi connectivity index (χ4n) is 5.52. The average Bonchev–Trinajstić information content (AvgIpc) is 3.43. The van der Waals surface area contributed by atoms with E-state index in [9.17, 15) is 26.4 Å². The third-order valence-electron chi connectivity index (χ3n) is 8.09. The number of sulfonamides is 1. The third-order valence-corrected chi connectivity index (χ3v) is 9.10. The second-order valence-corrected chi connectivity index (χ2v) is 13.3. The molecule has 1 aliphatic heterocycles. The topological polar surface area (TPSA) is 106 Å². The van der Waals surface area contributed by atoms with Gasteiger partial charge in [0.15, 0.2) is 6.61 Å². The van der Waals surface area contributed by atoms with Gasteiger partial charge in [0.1, 0.15) is 17.2 Å². The number of ether oxygens (including phenoxy) is 2. The van der Waals surface area contributed by atoms with Crippen molar-refractivity contribution in [2.75, 3.05) is 37.5 Å². The van der Waals surface area contributed by atoms with Crippen LogP contribution in [0.25, 0.3) is 17.0 Å². The number of hydrogen-bond acceptors (Lipinski definition) is 7. The zero-order valence-electron chi connectivity index (χ0n) is 27.0. The smallest absolute Gasteiger partial charge is 0.422 e. The minimum Gasteiger partial charge on any atom is -0.484 e. The number of aryl methyl sites for hydroxylation is 1. The Morgan fingerprint density at radius 2 is 1.64 bits per heavy atom. The van der Waals surface area contributed by atoms with E-state index in [1.165, 1.54) is 24.4 Å². The van der Waals surface area contributed by atoms with E-state index in [2.05, 4.69) is 14.6 Å². The van der Waals surface area contributed by atoms with E-state index >= 15 is 0 Å². The highest BCUT2D eigenvalue weighted by Gasteiger charge is 2.28. The van der Waals surface area contributed by atoms with E-state index in [-0.39, 0.29) is 23.2 Å². The van der Waals surface area contributed by atoms with Gasteiger partial charge in [-0.25, -0.2) is 13.4 Å². The summed E-state index contributed by atoms with van der Waals surface area (Å²) >= 11 is 0. The predicted octanol–water partition coefficient (Wildman–Crippen LogP) is 6.68. The number of alkyl halides is 3. The summed E-state index contributed by atoms with van der Waals surface area (Å²) in [4.78, 5) is 21.8. The summed E-state index contributed by atoms with van der Waals surface area (Å²) in [6.07, 6.45) is -1.51. The molecule has 0 bridgehead atoms. The van der Waals surface area contributed by atoms with Crippen LogP contribution < -0.4 is 14.2 Å². The van der Waals surface area contributed by atoms with E-state index in [0.29, 0.717) is 44.2 Å². The molecular formula is C36H34F3N5O5S. The van der Waals surface area contributed by atoms with Crippen LogP contribution in [0.2, 0.25) is 0 Å². The fourth-order valence-corrected chi connectivity index (χ4v) is 6.37. The molecule has 260 valence electrons. The van der Waals surface area contributed by atoms with Gasteiger partial charge in [-0.05, 0) is 53.6 Å². The third kappa shape index (κ3) is 9.01. The van der Waals surface area contributed by atoms with Crippen LogP contribution in [0.15, 0.2) is 103 Å². The number of carbonyl (C=O) groups excluding carboxylic acids is 1. The molecule has 0 atom stereocenters. The van der Waals surface area contributed by atoms with Gasteiger partial charge < -0.3 is 18.9 Å². The lowest BCUT2D eigenvalue weighted by molar-refractivity contribution is -0.153. The maximum absolute atomic E-state index is 13.5. The van der Waals surface area contributed by atoms with Gasteiger partial charge in [-0.3, -0.25) is 14.4 Å². The van der Waals surface area contributed by atoms with Gasteiger partial charge in [0.25, 0.3) is 15.9 Å². The van der Waals surface area contributed by atoms with Crippen molar-refractivity contribution in [3.63, 3.8) is 0 Å². The Morgan fingerprint density at radius 1 is 0.920 bits per heavy atom. The Balaban J connectivity index is 1.03. The van der Waals surface area contributed by atoms with E-state index in [1.807, 2.05) is 52.9 Å². The summed E-state index contributed by atoms with van der Waals surface area (Å²) in [5.41, 5.74) is 3.31. The first kappa shape index (κ1) is 34.5. The van der Waals surface area contributed by atoms with Gasteiger partial charge in [0.05, 0.1) is 22.8 Å². The van der Waals surface area contributed by atoms with Crippen LogP contribution in [0.3, 0.4) is 0 Å². The van der Waals surface area contributed by atoms with E-state index in [1.54, 1.807) is 42.5 Å². The first-order chi connectivity index (χ1) is 23.9. The Kier molecular flexibility index (Phi) is 10.1. The van der Waals surface area contributed by atoms with Gasteiger partial charge in [0, 0.05) is 57.3 Å². The summed E-state index contributed by atoms with van der Waals surface area (Å²) in [7, 11) is -1.92. The van der Waals surface area contributed by atoms with Crippen LogP contribution in [0, 0.1) is 0 Å². The van der Waals surface area contributed by atoms with Crippen LogP contribution in [0.5, 0.6) is 17.4 Å². The second kappa shape index (κ2) is 14.6. The number of nitrogens with one attached hydrogen (secondary N) is 1. The molecule has 1 aliphatic rings. The van der Waals surface area contributed by atoms with Crippen LogP contribution in [-0.2, 0) is 23.6 Å². The van der Waals surface area contributed by atoms with Crippen molar-refractivity contribution in [3.8, 4) is 17.4 Å². The molecule has 0 aliphatic carbocycles. The molecule has 14 heteroatoms. The molecule has 5 aromatic rings. The normalized spacial score (nSPS) is 14.3. The van der Waals surface area contributed by atoms with Gasteiger partial charge in [-0.1, -0.05) is 42.5 Å². The first-order valence-electron chi connectivity index (χ1n) is 15.7. The SMILES string of the molecule is Cn1c(C(=O)N2CCN(Cc3ccc(OCC(F)(F)F)cc3)CC2)cc2ccc(Oc3ccc(NS(=O)(=O)/C=C/c4ccccc4)cn3)cc21. The quantitative estimate of drug-likeness (QED) is 0.164. The van der Waals surface area contributed by atoms with E-state index < -0.39 is 22.8 Å². The number of hydrogen-bond donors (Lipinski definition) is 1. The molecule has 1 fully saturated rings. The number of aromatic nitrogens is 2. The summed E-state index contributed by atoms with van der Waals surface area (Å²) in [5, 5.41) is 1.96. The van der Waals surface area contributed by atoms with E-state index in [4.69, 9.17) is 9.47 Å². The van der Waals surface area contributed by atoms with Crippen LogP contribution >= 0.6 is 0 Å². The number of anilines is 1. The van der Waals surface area contributed by atoms with E-state index in [0.717, 1.165) is 27.4 Å². The fraction of sp³-hybridized carbons (Fsp3) is 0.222. The van der Waals surface area contributed by atoms with Gasteiger partial charge in [-0.2, -0.15) is 13.2 Å². The van der Waals surface area contributed by atoms with Crippen molar-refractivity contribution in [1.29, 1.82) is 0 Å². The Morgan fingerprint density at radius 3 is 2.32 bits per heavy atom. The van der Waals surface area contributed by atoms with Gasteiger partial charge >= 0.3 is 6.18 Å². The van der Waals surface area contributed by atoms with Crippen LogP contribution in [-0.4, -0.2) is 72.6 Å². The summed E-state index contributed by atoms with van der Waals surface area (Å²) in [5.74, 6) is 0.839. The predicted molar refractivity (Wildman–Crippen MR) is 184 cm³/mol. The summed E-state index contributed by atoms with van der Waals surface area (Å²) in [6, 6.07) is 26.1. The number of rotatable bonds is 11. The van der Waals surface area contributed by atoms with Crippen molar-refractivity contribution in [2.45, 2.75) is 12.7 Å². The van der Waals surface area contributed by atoms with Crippen LogP contribution in [0.4, 0.5) is 18.9 Å². The van der Waals surface area contributed by atoms with Crippen LogP contribution in [0.1, 0.15) is 21.6 Å². The molecule has 2 aromatic heterocycles. The molecule has 0 radical (unpaired) electrons. The molecule has 1 N–H and O–H groups in total. The van der Waals surface area contributed by atoms with Crippen molar-refractivity contribution >= 4 is 38.6 Å². The lowest BCUT2D eigenvalue weighted by Gasteiger charge is -2.34. The summed E-state index contributed by atoms with van der Waals surface area (Å²) < 4.78 is 77.2. The van der Waals surface area contributed by atoms with Gasteiger partial charge in [0.2, 0.25) is 5.88 Å². The standard InChI is InChI=1S/C36H34F3N5O5S/c1-42-32-22-31(49-34-14-10-29(23-40-34)41-50(46,47)20-15-26-5-3-2-4-6-26)13-9-28(32)21-33(42)35(45)44-18-16-43(17-19-44)24-27-7-11-30(12-8-27)48-25-36(37,38)39/h2-15,20-23,41H,16-19,24-25H2,1H3/b20-15+. The molecule has 10 nitrogen and oxygen atoms in total. The number of carbonyl (C=O) groups is 1. The maximum Gasteiger partial charge on any atom is 0.422 e. The average molecular weight is 706 g/mol. The number of piperazine rings is 1. The van der Waals surface area contributed by atoms with Crippen molar-refractivity contribution in [2.24, 2.45) is 7.05 Å². The molecule has 3 heterocycles. The van der Waals surface area contributed by atoms with Crippen molar-refractivity contribution < 1.29 is 35.9 Å². The minimum atomic E-state index is -4.39. The van der Waals surface area contributed by atoms with Crippen molar-refractivity contribution in [3.05, 3.63) is 119 Å². The maximum atomic E-state index is 13.5.